The van der Waals surface area contributed by atoms with Crippen LogP contribution in [0.15, 0.2) is 0 Å². The molecule has 0 nitrogen and oxygen atoms in total. The van der Waals surface area contributed by atoms with Gasteiger partial charge in [0.15, 0.2) is 0 Å². The molecule has 0 aromatic carbocycles. The Bertz CT molecular complexity index is 392. The molecule has 0 aromatic heterocycles. The molecular weight excluding hydrogens is 168 g/mol. The van der Waals surface area contributed by atoms with Gasteiger partial charge in [0, 0.05) is 0 Å². The lowest BCUT2D eigenvalue weighted by Gasteiger charge is -2.94. The minimum Gasteiger partial charge on any atom is -0.0464 e. The first-order valence-corrected chi connectivity index (χ1v) is 6.91. The van der Waals surface area contributed by atoms with Gasteiger partial charge >= 0.3 is 0 Å². The van der Waals surface area contributed by atoms with Gasteiger partial charge in [-0.1, -0.05) is 0 Å². The Labute approximate surface area is 84.4 Å². The lowest BCUT2D eigenvalue weighted by molar-refractivity contribution is -0.477. The summed E-state index contributed by atoms with van der Waals surface area (Å²) in [5.41, 5.74) is 2.12. The molecule has 0 heteroatoms. The van der Waals surface area contributed by atoms with Gasteiger partial charge in [-0.3, -0.25) is 0 Å². The Balaban J connectivity index is 1.67. The molecule has 8 aliphatic carbocycles. The predicted molar refractivity (Wildman–Crippen MR) is 51.3 cm³/mol. The van der Waals surface area contributed by atoms with Crippen LogP contribution in [0.1, 0.15) is 25.7 Å². The van der Waals surface area contributed by atoms with Crippen molar-refractivity contribution >= 4 is 0 Å². The Hall–Kier alpha value is 0. The summed E-state index contributed by atoms with van der Waals surface area (Å²) in [6.45, 7) is 0. The van der Waals surface area contributed by atoms with Crippen LogP contribution in [0.2, 0.25) is 0 Å². The van der Waals surface area contributed by atoms with Crippen molar-refractivity contribution in [2.24, 2.45) is 58.2 Å². The topological polar surface area (TPSA) is 0 Å². The van der Waals surface area contributed by atoms with Crippen LogP contribution in [0.4, 0.5) is 0 Å². The maximum atomic E-state index is 1.70. The van der Waals surface area contributed by atoms with E-state index in [9.17, 15) is 0 Å². The molecule has 8 saturated carbocycles. The summed E-state index contributed by atoms with van der Waals surface area (Å²) in [5, 5.41) is 0. The van der Waals surface area contributed by atoms with Crippen LogP contribution in [-0.4, -0.2) is 0 Å². The molecule has 8 fully saturated rings. The number of hydrogen-bond donors (Lipinski definition) is 0. The highest BCUT2D eigenvalue weighted by Crippen LogP contribution is 3.07. The molecule has 0 amide bonds. The Morgan fingerprint density at radius 2 is 1.21 bits per heavy atom. The van der Waals surface area contributed by atoms with E-state index >= 15 is 0 Å². The second kappa shape index (κ2) is 1.17. The molecule has 2 spiro atoms. The highest BCUT2D eigenvalue weighted by molar-refractivity contribution is 5.50. The molecule has 6 unspecified atom stereocenters. The van der Waals surface area contributed by atoms with E-state index in [1.54, 1.807) is 25.7 Å². The lowest BCUT2D eigenvalue weighted by atomic mass is 9.09. The smallest absolute Gasteiger partial charge is 0.0137 e. The van der Waals surface area contributed by atoms with E-state index in [0.29, 0.717) is 0 Å². The number of rotatable bonds is 0. The van der Waals surface area contributed by atoms with Crippen LogP contribution in [0, 0.1) is 58.2 Å². The molecule has 0 heterocycles. The van der Waals surface area contributed by atoms with E-state index in [1.807, 2.05) is 0 Å². The van der Waals surface area contributed by atoms with E-state index in [0.717, 1.165) is 10.8 Å². The molecule has 8 aliphatic rings. The molecule has 14 heavy (non-hydrogen) atoms. The van der Waals surface area contributed by atoms with Crippen LogP contribution < -0.4 is 0 Å². The average Bonchev–Trinajstić information content (AvgIpc) is 2.64. The zero-order chi connectivity index (χ0) is 8.45. The van der Waals surface area contributed by atoms with Crippen molar-refractivity contribution in [2.75, 3.05) is 0 Å². The van der Waals surface area contributed by atoms with Crippen molar-refractivity contribution in [2.45, 2.75) is 25.7 Å². The van der Waals surface area contributed by atoms with Crippen molar-refractivity contribution in [3.63, 3.8) is 0 Å². The molecule has 8 rings (SSSR count). The minimum atomic E-state index is 1.05. The summed E-state index contributed by atoms with van der Waals surface area (Å²) >= 11 is 0. The number of hydrogen-bond acceptors (Lipinski definition) is 0. The van der Waals surface area contributed by atoms with Crippen LogP contribution >= 0.6 is 0 Å². The first-order chi connectivity index (χ1) is 6.91. The predicted octanol–water partition coefficient (Wildman–Crippen LogP) is 2.54. The van der Waals surface area contributed by atoms with Crippen LogP contribution in [0.3, 0.4) is 0 Å². The van der Waals surface area contributed by atoms with E-state index in [2.05, 4.69) is 0 Å². The monoisotopic (exact) mass is 184 g/mol. The SMILES string of the molecule is C1C2C3CC1C14C2C2CC5CC(C31)C524. The summed E-state index contributed by atoms with van der Waals surface area (Å²) < 4.78 is 0. The molecule has 6 atom stereocenters. The summed E-state index contributed by atoms with van der Waals surface area (Å²) in [6, 6.07) is 0. The molecule has 4 bridgehead atoms. The van der Waals surface area contributed by atoms with E-state index in [1.165, 1.54) is 47.3 Å². The Morgan fingerprint density at radius 3 is 1.79 bits per heavy atom. The molecule has 0 aromatic rings. The van der Waals surface area contributed by atoms with Gasteiger partial charge < -0.3 is 0 Å². The van der Waals surface area contributed by atoms with Gasteiger partial charge in [-0.15, -0.1) is 0 Å². The lowest BCUT2D eigenvalue weighted by Crippen LogP contribution is -2.90. The van der Waals surface area contributed by atoms with Crippen molar-refractivity contribution in [1.82, 2.24) is 0 Å². The van der Waals surface area contributed by atoms with Gasteiger partial charge in [0.2, 0.25) is 0 Å². The second-order valence-electron chi connectivity index (χ2n) is 7.79. The highest BCUT2D eigenvalue weighted by Gasteiger charge is 3.03. The molecule has 0 saturated heterocycles. The normalized spacial score (nSPS) is 96.0. The first kappa shape index (κ1) is 5.92. The highest BCUT2D eigenvalue weighted by atomic mass is 15.1. The minimum absolute atomic E-state index is 1.05. The van der Waals surface area contributed by atoms with Crippen LogP contribution in [0.5, 0.6) is 0 Å². The van der Waals surface area contributed by atoms with Crippen molar-refractivity contribution < 1.29 is 0 Å². The van der Waals surface area contributed by atoms with Gasteiger partial charge in [-0.25, -0.2) is 0 Å². The fourth-order valence-corrected chi connectivity index (χ4v) is 9.73. The van der Waals surface area contributed by atoms with Crippen molar-refractivity contribution in [1.29, 1.82) is 0 Å². The average molecular weight is 184 g/mol. The van der Waals surface area contributed by atoms with Crippen LogP contribution in [0.25, 0.3) is 0 Å². The van der Waals surface area contributed by atoms with Crippen molar-refractivity contribution in [3.8, 4) is 0 Å². The van der Waals surface area contributed by atoms with Crippen molar-refractivity contribution in [3.05, 3.63) is 0 Å². The fourth-order valence-electron chi connectivity index (χ4n) is 9.73. The third kappa shape index (κ3) is 0.221. The third-order valence-electron chi connectivity index (χ3n) is 8.96. The first-order valence-electron chi connectivity index (χ1n) is 6.91. The summed E-state index contributed by atoms with van der Waals surface area (Å²) in [6.07, 6.45) is 6.77. The Kier molecular flexibility index (Phi) is 0.494. The second-order valence-corrected chi connectivity index (χ2v) is 7.79. The summed E-state index contributed by atoms with van der Waals surface area (Å²) in [4.78, 5) is 0. The van der Waals surface area contributed by atoms with Crippen LogP contribution in [-0.2, 0) is 0 Å². The van der Waals surface area contributed by atoms with E-state index in [-0.39, 0.29) is 0 Å². The zero-order valence-electron chi connectivity index (χ0n) is 8.45. The quantitative estimate of drug-likeness (QED) is 0.542. The largest absolute Gasteiger partial charge is 0.0464 e. The molecular formula is C14H16. The van der Waals surface area contributed by atoms with Gasteiger partial charge in [-0.05, 0) is 83.9 Å². The third-order valence-corrected chi connectivity index (χ3v) is 8.96. The summed E-state index contributed by atoms with van der Waals surface area (Å²) in [7, 11) is 0. The van der Waals surface area contributed by atoms with Gasteiger partial charge in [0.1, 0.15) is 0 Å². The van der Waals surface area contributed by atoms with Gasteiger partial charge in [0.05, 0.1) is 0 Å². The molecule has 0 radical (unpaired) electrons. The van der Waals surface area contributed by atoms with E-state index in [4.69, 9.17) is 0 Å². The molecule has 0 N–H and O–H groups in total. The molecule has 0 aliphatic heterocycles. The van der Waals surface area contributed by atoms with Gasteiger partial charge in [-0.2, -0.15) is 0 Å². The fraction of sp³-hybridized carbons (Fsp3) is 1.00. The maximum absolute atomic E-state index is 1.70. The van der Waals surface area contributed by atoms with E-state index < -0.39 is 0 Å². The zero-order valence-corrected chi connectivity index (χ0v) is 8.45. The van der Waals surface area contributed by atoms with Gasteiger partial charge in [0.25, 0.3) is 0 Å². The summed E-state index contributed by atoms with van der Waals surface area (Å²) in [5.74, 6) is 10.3. The standard InChI is InChI=1S/C14H16/c1-5-2-8-7(1)11-9-3-6-4-10-12(8)14(5,11)13(6,9)10/h5-12H,1-4H2. The molecule has 72 valence electrons. The maximum Gasteiger partial charge on any atom is -0.0137 e. The Morgan fingerprint density at radius 1 is 0.643 bits per heavy atom.